The van der Waals surface area contributed by atoms with Crippen molar-refractivity contribution in [2.45, 2.75) is 4.57 Å². The summed E-state index contributed by atoms with van der Waals surface area (Å²) in [5.41, 5.74) is 0. The largest absolute Gasteiger partial charge is 0.378 e. The molecule has 0 heterocycles. The van der Waals surface area contributed by atoms with E-state index in [4.69, 9.17) is 5.26 Å². The van der Waals surface area contributed by atoms with Crippen LogP contribution in [0.15, 0.2) is 0 Å². The molecule has 0 aliphatic heterocycles. The molecular formula is C3H6BBrNO3P. The first-order chi connectivity index (χ1) is 4.60. The summed E-state index contributed by atoms with van der Waals surface area (Å²) in [6, 6.07) is 1.71. The number of halogens is 1. The molecule has 0 amide bonds. The number of rotatable bonds is 3. The van der Waals surface area contributed by atoms with E-state index >= 15 is 0 Å². The highest BCUT2D eigenvalue weighted by atomic mass is 79.9. The average molecular weight is 226 g/mol. The van der Waals surface area contributed by atoms with Crippen molar-refractivity contribution in [1.82, 2.24) is 0 Å². The molecule has 10 heavy (non-hydrogen) atoms. The third-order valence-corrected chi connectivity index (χ3v) is 4.29. The first kappa shape index (κ1) is 10.2. The van der Waals surface area contributed by atoms with Crippen molar-refractivity contribution in [2.75, 3.05) is 7.11 Å². The minimum absolute atomic E-state index is 0.894. The van der Waals surface area contributed by atoms with E-state index in [1.165, 1.54) is 15.2 Å². The molecule has 0 aliphatic rings. The molecule has 0 spiro atoms. The standard InChI is InChI=1S/C3H6BBrNO3P/c1-8-10(7,9-4)3(5)2-6/h3H,4H2,1H3. The summed E-state index contributed by atoms with van der Waals surface area (Å²) in [5, 5.41) is 8.30. The first-order valence-electron chi connectivity index (χ1n) is 2.35. The molecule has 0 aliphatic carbocycles. The van der Waals surface area contributed by atoms with E-state index in [0.29, 0.717) is 0 Å². The normalized spacial score (nSPS) is 18.9. The molecule has 2 atom stereocenters. The van der Waals surface area contributed by atoms with Crippen molar-refractivity contribution in [3.05, 3.63) is 0 Å². The predicted molar refractivity (Wildman–Crippen MR) is 42.6 cm³/mol. The Kier molecular flexibility index (Phi) is 4.22. The monoisotopic (exact) mass is 225 g/mol. The molecule has 0 rings (SSSR count). The Morgan fingerprint density at radius 2 is 2.40 bits per heavy atom. The van der Waals surface area contributed by atoms with Gasteiger partial charge in [-0.1, -0.05) is 15.9 Å². The summed E-state index contributed by atoms with van der Waals surface area (Å²) >= 11 is 2.85. The summed E-state index contributed by atoms with van der Waals surface area (Å²) in [6.45, 7) is 0. The second kappa shape index (κ2) is 4.14. The van der Waals surface area contributed by atoms with Gasteiger partial charge in [-0.3, -0.25) is 4.57 Å². The van der Waals surface area contributed by atoms with Crippen LogP contribution in [0.3, 0.4) is 0 Å². The fourth-order valence-corrected chi connectivity index (χ4v) is 1.99. The maximum Gasteiger partial charge on any atom is 0.343 e. The number of hydrogen-bond donors (Lipinski definition) is 0. The van der Waals surface area contributed by atoms with Crippen molar-refractivity contribution >= 4 is 31.6 Å². The Morgan fingerprint density at radius 1 is 1.90 bits per heavy atom. The molecule has 0 aromatic heterocycles. The number of nitrogens with zero attached hydrogens (tertiary/aromatic N) is 1. The van der Waals surface area contributed by atoms with Crippen LogP contribution in [0.5, 0.6) is 0 Å². The Balaban J connectivity index is 4.37. The van der Waals surface area contributed by atoms with E-state index in [2.05, 4.69) is 24.9 Å². The lowest BCUT2D eigenvalue weighted by Crippen LogP contribution is -2.00. The molecule has 0 bridgehead atoms. The Labute approximate surface area is 68.6 Å². The molecule has 0 aromatic rings. The summed E-state index contributed by atoms with van der Waals surface area (Å²) in [4.78, 5) is 0. The van der Waals surface area contributed by atoms with Crippen molar-refractivity contribution in [3.8, 4) is 6.07 Å². The van der Waals surface area contributed by atoms with E-state index in [9.17, 15) is 4.57 Å². The van der Waals surface area contributed by atoms with E-state index in [1.54, 1.807) is 6.07 Å². The van der Waals surface area contributed by atoms with Gasteiger partial charge in [0.05, 0.1) is 6.07 Å². The van der Waals surface area contributed by atoms with Gasteiger partial charge in [0, 0.05) is 7.11 Å². The first-order valence-corrected chi connectivity index (χ1v) is 4.88. The van der Waals surface area contributed by atoms with Gasteiger partial charge in [-0.2, -0.15) is 5.26 Å². The SMILES string of the molecule is BOP(=O)(OC)C(Br)C#N. The average Bonchev–Trinajstić information content (AvgIpc) is 2.01. The third kappa shape index (κ3) is 2.10. The zero-order valence-corrected chi connectivity index (χ0v) is 8.05. The lowest BCUT2D eigenvalue weighted by atomic mass is 10.6. The van der Waals surface area contributed by atoms with Gasteiger partial charge in [0.2, 0.25) is 4.57 Å². The molecule has 0 saturated heterocycles. The molecule has 0 fully saturated rings. The maximum absolute atomic E-state index is 11.2. The van der Waals surface area contributed by atoms with Crippen molar-refractivity contribution in [2.24, 2.45) is 0 Å². The van der Waals surface area contributed by atoms with Crippen molar-refractivity contribution in [1.29, 1.82) is 5.26 Å². The Morgan fingerprint density at radius 3 is 2.50 bits per heavy atom. The van der Waals surface area contributed by atoms with Gasteiger partial charge in [0.25, 0.3) is 8.05 Å². The topological polar surface area (TPSA) is 59.3 Å². The van der Waals surface area contributed by atoms with Gasteiger partial charge in [-0.05, 0) is 0 Å². The molecule has 0 N–H and O–H groups in total. The number of nitriles is 1. The van der Waals surface area contributed by atoms with E-state index in [-0.39, 0.29) is 0 Å². The lowest BCUT2D eigenvalue weighted by molar-refractivity contribution is 0.332. The number of alkyl halides is 1. The van der Waals surface area contributed by atoms with Crippen LogP contribution in [0.25, 0.3) is 0 Å². The van der Waals surface area contributed by atoms with Gasteiger partial charge in [0.15, 0.2) is 0 Å². The van der Waals surface area contributed by atoms with E-state index in [0.717, 1.165) is 0 Å². The van der Waals surface area contributed by atoms with Crippen LogP contribution in [0.2, 0.25) is 0 Å². The minimum Gasteiger partial charge on any atom is -0.378 e. The number of hydrogen-bond acceptors (Lipinski definition) is 4. The molecule has 0 aromatic carbocycles. The summed E-state index contributed by atoms with van der Waals surface area (Å²) in [6.07, 6.45) is 0. The highest BCUT2D eigenvalue weighted by Gasteiger charge is 2.30. The third-order valence-electron chi connectivity index (χ3n) is 0.893. The Hall–Kier alpha value is 0.185. The Bertz CT molecular complexity index is 185. The van der Waals surface area contributed by atoms with Crippen LogP contribution >= 0.6 is 23.5 Å². The van der Waals surface area contributed by atoms with E-state index in [1.807, 2.05) is 0 Å². The van der Waals surface area contributed by atoms with Crippen LogP contribution in [0.4, 0.5) is 0 Å². The maximum atomic E-state index is 11.2. The second-order valence-electron chi connectivity index (χ2n) is 1.37. The molecule has 0 saturated carbocycles. The zero-order valence-electron chi connectivity index (χ0n) is 5.57. The van der Waals surface area contributed by atoms with Gasteiger partial charge in [-0.15, -0.1) is 0 Å². The molecule has 56 valence electrons. The van der Waals surface area contributed by atoms with Gasteiger partial charge in [0.1, 0.15) is 0 Å². The lowest BCUT2D eigenvalue weighted by Gasteiger charge is -2.13. The van der Waals surface area contributed by atoms with Gasteiger partial charge < -0.3 is 8.96 Å². The molecular weight excluding hydrogens is 220 g/mol. The van der Waals surface area contributed by atoms with Gasteiger partial charge in [-0.25, -0.2) is 0 Å². The summed E-state index contributed by atoms with van der Waals surface area (Å²) in [7, 11) is -0.753. The second-order valence-corrected chi connectivity index (χ2v) is 5.32. The summed E-state index contributed by atoms with van der Waals surface area (Å²) in [5.74, 6) is 0. The fraction of sp³-hybridized carbons (Fsp3) is 0.667. The molecule has 0 radical (unpaired) electrons. The molecule has 2 unspecified atom stereocenters. The fourth-order valence-electron chi connectivity index (χ4n) is 0.330. The van der Waals surface area contributed by atoms with Gasteiger partial charge >= 0.3 is 7.60 Å². The quantitative estimate of drug-likeness (QED) is 0.402. The molecule has 4 nitrogen and oxygen atoms in total. The predicted octanol–water partition coefficient (Wildman–Crippen LogP) is 0.635. The van der Waals surface area contributed by atoms with Crippen molar-refractivity contribution in [3.63, 3.8) is 0 Å². The van der Waals surface area contributed by atoms with Crippen LogP contribution in [0.1, 0.15) is 0 Å². The van der Waals surface area contributed by atoms with E-state index < -0.39 is 12.2 Å². The summed E-state index contributed by atoms with van der Waals surface area (Å²) < 4.78 is 19.3. The van der Waals surface area contributed by atoms with Crippen molar-refractivity contribution < 1.29 is 13.5 Å². The smallest absolute Gasteiger partial charge is 0.343 e. The minimum atomic E-state index is -3.22. The molecule has 7 heteroatoms. The van der Waals surface area contributed by atoms with Crippen LogP contribution in [-0.4, -0.2) is 19.7 Å². The van der Waals surface area contributed by atoms with Crippen LogP contribution in [-0.2, 0) is 13.5 Å². The highest BCUT2D eigenvalue weighted by Crippen LogP contribution is 2.53. The van der Waals surface area contributed by atoms with Crippen LogP contribution < -0.4 is 0 Å². The highest BCUT2D eigenvalue weighted by molar-refractivity contribution is 9.10. The van der Waals surface area contributed by atoms with Crippen LogP contribution in [0, 0.1) is 11.3 Å². The zero-order chi connectivity index (χ0) is 8.20.